The van der Waals surface area contributed by atoms with Crippen molar-refractivity contribution in [2.45, 2.75) is 0 Å². The van der Waals surface area contributed by atoms with Gasteiger partial charge in [-0.1, -0.05) is 0 Å². The molecule has 0 aliphatic rings. The first-order valence-electron chi connectivity index (χ1n) is 6.17. The lowest BCUT2D eigenvalue weighted by atomic mass is 10.2. The number of ether oxygens (including phenoxy) is 3. The van der Waals surface area contributed by atoms with Crippen LogP contribution in [0.25, 0.3) is 0 Å². The van der Waals surface area contributed by atoms with E-state index < -0.39 is 4.92 Å². The van der Waals surface area contributed by atoms with Crippen LogP contribution in [0.4, 0.5) is 5.69 Å². The van der Waals surface area contributed by atoms with E-state index in [1.165, 1.54) is 26.4 Å². The molecule has 0 fully saturated rings. The molecular formula is C15H12N2O5. The SMILES string of the molecule is COc1cc(OC)cc(Oc2ccc([N+](=O)[O-])cc2C#N)c1. The molecule has 0 heterocycles. The van der Waals surface area contributed by atoms with Gasteiger partial charge >= 0.3 is 0 Å². The number of nitriles is 1. The number of benzene rings is 2. The largest absolute Gasteiger partial charge is 0.496 e. The first-order valence-corrected chi connectivity index (χ1v) is 6.17. The zero-order valence-electron chi connectivity index (χ0n) is 11.9. The van der Waals surface area contributed by atoms with Gasteiger partial charge in [0.1, 0.15) is 34.6 Å². The number of hydrogen-bond acceptors (Lipinski definition) is 6. The lowest BCUT2D eigenvalue weighted by Crippen LogP contribution is -1.94. The van der Waals surface area contributed by atoms with Crippen molar-refractivity contribution in [3.63, 3.8) is 0 Å². The van der Waals surface area contributed by atoms with Crippen LogP contribution in [-0.2, 0) is 0 Å². The van der Waals surface area contributed by atoms with Gasteiger partial charge in [0.25, 0.3) is 5.69 Å². The smallest absolute Gasteiger partial charge is 0.271 e. The quantitative estimate of drug-likeness (QED) is 0.621. The van der Waals surface area contributed by atoms with E-state index in [4.69, 9.17) is 19.5 Å². The van der Waals surface area contributed by atoms with Crippen LogP contribution in [0.3, 0.4) is 0 Å². The molecular weight excluding hydrogens is 288 g/mol. The molecule has 0 aliphatic carbocycles. The summed E-state index contributed by atoms with van der Waals surface area (Å²) >= 11 is 0. The molecule has 0 N–H and O–H groups in total. The van der Waals surface area contributed by atoms with Crippen LogP contribution in [0.1, 0.15) is 5.56 Å². The molecule has 112 valence electrons. The summed E-state index contributed by atoms with van der Waals surface area (Å²) in [5, 5.41) is 19.8. The first-order chi connectivity index (χ1) is 10.6. The summed E-state index contributed by atoms with van der Waals surface area (Å²) in [6.07, 6.45) is 0. The second-order valence-electron chi connectivity index (χ2n) is 4.20. The van der Waals surface area contributed by atoms with Gasteiger partial charge in [-0.15, -0.1) is 0 Å². The molecule has 2 aromatic carbocycles. The molecule has 0 saturated heterocycles. The number of nitro benzene ring substituents is 1. The summed E-state index contributed by atoms with van der Waals surface area (Å²) in [7, 11) is 3.01. The van der Waals surface area contributed by atoms with Crippen LogP contribution < -0.4 is 14.2 Å². The molecule has 0 amide bonds. The van der Waals surface area contributed by atoms with Crippen molar-refractivity contribution in [1.29, 1.82) is 5.26 Å². The van der Waals surface area contributed by atoms with Crippen LogP contribution in [0.15, 0.2) is 36.4 Å². The van der Waals surface area contributed by atoms with E-state index in [2.05, 4.69) is 0 Å². The Balaban J connectivity index is 2.38. The molecule has 0 unspecified atom stereocenters. The highest BCUT2D eigenvalue weighted by atomic mass is 16.6. The number of methoxy groups -OCH3 is 2. The highest BCUT2D eigenvalue weighted by molar-refractivity contribution is 5.52. The summed E-state index contributed by atoms with van der Waals surface area (Å²) in [6.45, 7) is 0. The fourth-order valence-corrected chi connectivity index (χ4v) is 1.78. The third-order valence-electron chi connectivity index (χ3n) is 2.85. The minimum atomic E-state index is -0.570. The maximum Gasteiger partial charge on any atom is 0.271 e. The third kappa shape index (κ3) is 3.24. The maximum absolute atomic E-state index is 10.7. The number of hydrogen-bond donors (Lipinski definition) is 0. The van der Waals surface area contributed by atoms with Gasteiger partial charge in [-0.2, -0.15) is 5.26 Å². The van der Waals surface area contributed by atoms with E-state index in [1.807, 2.05) is 6.07 Å². The van der Waals surface area contributed by atoms with E-state index in [0.717, 1.165) is 6.07 Å². The molecule has 0 radical (unpaired) electrons. The average molecular weight is 300 g/mol. The lowest BCUT2D eigenvalue weighted by Gasteiger charge is -2.10. The fraction of sp³-hybridized carbons (Fsp3) is 0.133. The zero-order chi connectivity index (χ0) is 16.1. The van der Waals surface area contributed by atoms with Crippen LogP contribution in [0.5, 0.6) is 23.0 Å². The Labute approximate surface area is 126 Å². The summed E-state index contributed by atoms with van der Waals surface area (Å²) in [4.78, 5) is 10.2. The van der Waals surface area contributed by atoms with Crippen molar-refractivity contribution < 1.29 is 19.1 Å². The van der Waals surface area contributed by atoms with E-state index in [0.29, 0.717) is 17.2 Å². The van der Waals surface area contributed by atoms with Gasteiger partial charge < -0.3 is 14.2 Å². The highest BCUT2D eigenvalue weighted by Gasteiger charge is 2.13. The van der Waals surface area contributed by atoms with Gasteiger partial charge in [0, 0.05) is 30.3 Å². The Morgan fingerprint density at radius 2 is 1.64 bits per heavy atom. The second kappa shape index (κ2) is 6.45. The minimum absolute atomic E-state index is 0.0657. The second-order valence-corrected chi connectivity index (χ2v) is 4.20. The molecule has 7 heteroatoms. The van der Waals surface area contributed by atoms with Crippen molar-refractivity contribution in [2.75, 3.05) is 14.2 Å². The summed E-state index contributed by atoms with van der Waals surface area (Å²) in [5.41, 5.74) is -0.108. The van der Waals surface area contributed by atoms with Crippen molar-refractivity contribution >= 4 is 5.69 Å². The van der Waals surface area contributed by atoms with Gasteiger partial charge in [0.2, 0.25) is 0 Å². The van der Waals surface area contributed by atoms with Gasteiger partial charge in [0.15, 0.2) is 0 Å². The summed E-state index contributed by atoms with van der Waals surface area (Å²) < 4.78 is 15.9. The molecule has 2 rings (SSSR count). The number of nitrogens with zero attached hydrogens (tertiary/aromatic N) is 2. The van der Waals surface area contributed by atoms with Crippen LogP contribution in [-0.4, -0.2) is 19.1 Å². The molecule has 2 aromatic rings. The molecule has 0 aliphatic heterocycles. The van der Waals surface area contributed by atoms with Crippen molar-refractivity contribution in [2.24, 2.45) is 0 Å². The molecule has 0 atom stereocenters. The average Bonchev–Trinajstić information content (AvgIpc) is 2.54. The maximum atomic E-state index is 10.7. The Kier molecular flexibility index (Phi) is 4.44. The normalized spacial score (nSPS) is 9.68. The molecule has 0 saturated carbocycles. The van der Waals surface area contributed by atoms with Gasteiger partial charge in [0.05, 0.1) is 19.1 Å². The van der Waals surface area contributed by atoms with Gasteiger partial charge in [-0.05, 0) is 6.07 Å². The third-order valence-corrected chi connectivity index (χ3v) is 2.85. The van der Waals surface area contributed by atoms with E-state index >= 15 is 0 Å². The highest BCUT2D eigenvalue weighted by Crippen LogP contribution is 2.33. The topological polar surface area (TPSA) is 94.6 Å². The zero-order valence-corrected chi connectivity index (χ0v) is 11.9. The van der Waals surface area contributed by atoms with Crippen molar-refractivity contribution in [3.8, 4) is 29.1 Å². The number of rotatable bonds is 5. The van der Waals surface area contributed by atoms with Crippen LogP contribution in [0.2, 0.25) is 0 Å². The predicted molar refractivity (Wildman–Crippen MR) is 77.4 cm³/mol. The monoisotopic (exact) mass is 300 g/mol. The Hall–Kier alpha value is -3.27. The fourth-order valence-electron chi connectivity index (χ4n) is 1.78. The molecule has 0 aromatic heterocycles. The minimum Gasteiger partial charge on any atom is -0.496 e. The molecule has 0 bridgehead atoms. The summed E-state index contributed by atoms with van der Waals surface area (Å²) in [6, 6.07) is 10.6. The molecule has 7 nitrogen and oxygen atoms in total. The van der Waals surface area contributed by atoms with Crippen LogP contribution >= 0.6 is 0 Å². The Morgan fingerprint density at radius 3 is 2.14 bits per heavy atom. The predicted octanol–water partition coefficient (Wildman–Crippen LogP) is 3.28. The van der Waals surface area contributed by atoms with Crippen LogP contribution in [0, 0.1) is 21.4 Å². The lowest BCUT2D eigenvalue weighted by molar-refractivity contribution is -0.384. The molecule has 22 heavy (non-hydrogen) atoms. The number of non-ortho nitro benzene ring substituents is 1. The number of nitro groups is 1. The van der Waals surface area contributed by atoms with E-state index in [-0.39, 0.29) is 17.0 Å². The van der Waals surface area contributed by atoms with E-state index in [1.54, 1.807) is 18.2 Å². The Morgan fingerprint density at radius 1 is 1.05 bits per heavy atom. The van der Waals surface area contributed by atoms with Crippen molar-refractivity contribution in [3.05, 3.63) is 52.1 Å². The standard InChI is InChI=1S/C15H12N2O5/c1-20-12-6-13(21-2)8-14(7-12)22-15-4-3-11(17(18)19)5-10(15)9-16/h3-8H,1-2H3. The molecule has 0 spiro atoms. The van der Waals surface area contributed by atoms with Gasteiger partial charge in [-0.25, -0.2) is 0 Å². The Bertz CT molecular complexity index is 730. The van der Waals surface area contributed by atoms with Gasteiger partial charge in [-0.3, -0.25) is 10.1 Å². The summed E-state index contributed by atoms with van der Waals surface area (Å²) in [5.74, 6) is 1.65. The van der Waals surface area contributed by atoms with E-state index in [9.17, 15) is 10.1 Å². The van der Waals surface area contributed by atoms with Crippen molar-refractivity contribution in [1.82, 2.24) is 0 Å². The first kappa shape index (κ1) is 15.1.